The number of halogens is 1. The molecule has 0 amide bonds. The van der Waals surface area contributed by atoms with Crippen molar-refractivity contribution in [3.8, 4) is 5.75 Å². The number of methoxy groups -OCH3 is 1. The van der Waals surface area contributed by atoms with Gasteiger partial charge in [-0.2, -0.15) is 0 Å². The van der Waals surface area contributed by atoms with Gasteiger partial charge in [-0.1, -0.05) is 39.6 Å². The van der Waals surface area contributed by atoms with E-state index in [2.05, 4.69) is 69.6 Å². The highest BCUT2D eigenvalue weighted by Gasteiger charge is 2.16. The second kappa shape index (κ2) is 8.13. The molecule has 1 aromatic heterocycles. The molecule has 0 aliphatic carbocycles. The van der Waals surface area contributed by atoms with Gasteiger partial charge in [0, 0.05) is 51.6 Å². The first-order valence-corrected chi connectivity index (χ1v) is 10.5. The number of likely N-dealkylation sites (N-methyl/N-ethyl adjacent to an activating group) is 1. The van der Waals surface area contributed by atoms with E-state index in [4.69, 9.17) is 4.74 Å². The van der Waals surface area contributed by atoms with E-state index in [-0.39, 0.29) is 0 Å². The number of benzene rings is 3. The van der Waals surface area contributed by atoms with E-state index >= 15 is 0 Å². The summed E-state index contributed by atoms with van der Waals surface area (Å²) in [4.78, 5) is 2.06. The fourth-order valence-electron chi connectivity index (χ4n) is 3.92. The maximum Gasteiger partial charge on any atom is 0.139 e. The highest BCUT2D eigenvalue weighted by atomic mass is 79.9. The average Bonchev–Trinajstić information content (AvgIpc) is 3.00. The molecule has 148 valence electrons. The van der Waals surface area contributed by atoms with Gasteiger partial charge >= 0.3 is 0 Å². The number of rotatable bonds is 6. The van der Waals surface area contributed by atoms with Crippen molar-refractivity contribution in [3.63, 3.8) is 0 Å². The first-order valence-electron chi connectivity index (χ1n) is 9.67. The molecule has 0 spiro atoms. The van der Waals surface area contributed by atoms with Crippen LogP contribution in [0, 0.1) is 0 Å². The first-order chi connectivity index (χ1) is 14.0. The third-order valence-corrected chi connectivity index (χ3v) is 5.85. The Hall–Kier alpha value is -2.44. The molecule has 3 aromatic carbocycles. The first kappa shape index (κ1) is 19.9. The number of anilines is 1. The van der Waals surface area contributed by atoms with Gasteiger partial charge < -0.3 is 19.3 Å². The molecule has 1 atom stereocenters. The normalized spacial score (nSPS) is 12.4. The SMILES string of the molecule is Bc1ccc2c(c1)c1cc(Br)ccc1n2CC(O)CN(C)c1cccc(OC)c1. The van der Waals surface area contributed by atoms with Crippen LogP contribution >= 0.6 is 15.9 Å². The summed E-state index contributed by atoms with van der Waals surface area (Å²) in [7, 11) is 5.76. The molecule has 0 aliphatic heterocycles. The minimum atomic E-state index is -0.519. The van der Waals surface area contributed by atoms with Crippen LogP contribution in [0.2, 0.25) is 0 Å². The smallest absolute Gasteiger partial charge is 0.139 e. The molecule has 0 radical (unpaired) electrons. The standard InChI is InChI=1S/C23H24BBrN2O2/c1-26(17-4-3-5-19(12-17)29-2)13-18(28)14-27-22-8-6-15(24)10-20(22)21-11-16(25)7-9-23(21)27/h3-12,18,28H,13-14,24H2,1-2H3. The van der Waals surface area contributed by atoms with Crippen LogP contribution in [0.5, 0.6) is 5.75 Å². The molecule has 4 rings (SSSR count). The van der Waals surface area contributed by atoms with Crippen molar-refractivity contribution >= 4 is 56.7 Å². The van der Waals surface area contributed by atoms with Crippen LogP contribution in [-0.4, -0.2) is 44.3 Å². The lowest BCUT2D eigenvalue weighted by atomic mass is 9.94. The molecule has 6 heteroatoms. The molecular formula is C23H24BBrN2O2. The monoisotopic (exact) mass is 450 g/mol. The number of hydrogen-bond acceptors (Lipinski definition) is 3. The summed E-state index contributed by atoms with van der Waals surface area (Å²) >= 11 is 3.59. The summed E-state index contributed by atoms with van der Waals surface area (Å²) in [5.41, 5.74) is 4.53. The zero-order chi connectivity index (χ0) is 20.5. The van der Waals surface area contributed by atoms with Gasteiger partial charge in [0.1, 0.15) is 13.6 Å². The molecule has 29 heavy (non-hydrogen) atoms. The van der Waals surface area contributed by atoms with Gasteiger partial charge in [0.25, 0.3) is 0 Å². The summed E-state index contributed by atoms with van der Waals surface area (Å²) in [5, 5.41) is 13.3. The lowest BCUT2D eigenvalue weighted by molar-refractivity contribution is 0.163. The Morgan fingerprint density at radius 3 is 2.55 bits per heavy atom. The minimum absolute atomic E-state index is 0.519. The Labute approximate surface area is 180 Å². The predicted octanol–water partition coefficient (Wildman–Crippen LogP) is 3.32. The number of ether oxygens (including phenoxy) is 1. The number of aliphatic hydroxyl groups is 1. The average molecular weight is 451 g/mol. The molecule has 4 aromatic rings. The molecular weight excluding hydrogens is 427 g/mol. The summed E-state index contributed by atoms with van der Waals surface area (Å²) in [6.45, 7) is 1.05. The highest BCUT2D eigenvalue weighted by molar-refractivity contribution is 9.10. The molecule has 1 heterocycles. The van der Waals surface area contributed by atoms with Crippen molar-refractivity contribution in [1.29, 1.82) is 0 Å². The van der Waals surface area contributed by atoms with Crippen LogP contribution < -0.4 is 15.1 Å². The van der Waals surface area contributed by atoms with E-state index < -0.39 is 6.10 Å². The topological polar surface area (TPSA) is 37.6 Å². The van der Waals surface area contributed by atoms with Crippen molar-refractivity contribution in [3.05, 3.63) is 65.1 Å². The van der Waals surface area contributed by atoms with Crippen LogP contribution in [0.4, 0.5) is 5.69 Å². The number of fused-ring (bicyclic) bond motifs is 3. The number of aromatic nitrogens is 1. The Morgan fingerprint density at radius 2 is 1.79 bits per heavy atom. The van der Waals surface area contributed by atoms with Crippen LogP contribution in [0.25, 0.3) is 21.8 Å². The number of hydrogen-bond donors (Lipinski definition) is 1. The van der Waals surface area contributed by atoms with Gasteiger partial charge in [-0.15, -0.1) is 0 Å². The quantitative estimate of drug-likeness (QED) is 0.458. The maximum atomic E-state index is 10.9. The van der Waals surface area contributed by atoms with Crippen molar-refractivity contribution in [2.24, 2.45) is 0 Å². The fourth-order valence-corrected chi connectivity index (χ4v) is 4.29. The maximum absolute atomic E-state index is 10.9. The highest BCUT2D eigenvalue weighted by Crippen LogP contribution is 2.31. The molecule has 1 N–H and O–H groups in total. The predicted molar refractivity (Wildman–Crippen MR) is 128 cm³/mol. The van der Waals surface area contributed by atoms with Crippen molar-refractivity contribution in [2.75, 3.05) is 25.6 Å². The Balaban J connectivity index is 1.64. The summed E-state index contributed by atoms with van der Waals surface area (Å²) in [6, 6.07) is 20.7. The summed E-state index contributed by atoms with van der Waals surface area (Å²) in [5.74, 6) is 0.812. The van der Waals surface area contributed by atoms with Gasteiger partial charge in [0.15, 0.2) is 0 Å². The van der Waals surface area contributed by atoms with E-state index in [0.29, 0.717) is 13.1 Å². The lowest BCUT2D eigenvalue weighted by Crippen LogP contribution is -2.32. The Kier molecular flexibility index (Phi) is 5.57. The Morgan fingerprint density at radius 1 is 1.07 bits per heavy atom. The van der Waals surface area contributed by atoms with Crippen molar-refractivity contribution in [1.82, 2.24) is 4.57 Å². The zero-order valence-corrected chi connectivity index (χ0v) is 18.5. The van der Waals surface area contributed by atoms with Crippen molar-refractivity contribution < 1.29 is 9.84 Å². The third-order valence-electron chi connectivity index (χ3n) is 5.35. The second-order valence-corrected chi connectivity index (χ2v) is 8.44. The van der Waals surface area contributed by atoms with Crippen LogP contribution in [0.1, 0.15) is 0 Å². The van der Waals surface area contributed by atoms with Crippen LogP contribution in [0.15, 0.2) is 65.1 Å². The van der Waals surface area contributed by atoms with E-state index in [1.54, 1.807) is 7.11 Å². The molecule has 0 fully saturated rings. The van der Waals surface area contributed by atoms with E-state index in [0.717, 1.165) is 26.9 Å². The van der Waals surface area contributed by atoms with E-state index in [9.17, 15) is 5.11 Å². The molecule has 0 saturated heterocycles. The van der Waals surface area contributed by atoms with Gasteiger partial charge in [-0.05, 0) is 36.4 Å². The van der Waals surface area contributed by atoms with E-state index in [1.807, 2.05) is 31.3 Å². The third kappa shape index (κ3) is 4.00. The van der Waals surface area contributed by atoms with Gasteiger partial charge in [0.2, 0.25) is 0 Å². The van der Waals surface area contributed by atoms with Crippen molar-refractivity contribution in [2.45, 2.75) is 12.6 Å². The van der Waals surface area contributed by atoms with Crippen LogP contribution in [0.3, 0.4) is 0 Å². The van der Waals surface area contributed by atoms with Gasteiger partial charge in [0.05, 0.1) is 19.8 Å². The molecule has 0 saturated carbocycles. The summed E-state index contributed by atoms with van der Waals surface area (Å²) in [6.07, 6.45) is -0.519. The van der Waals surface area contributed by atoms with E-state index in [1.165, 1.54) is 16.2 Å². The number of aliphatic hydroxyl groups excluding tert-OH is 1. The van der Waals surface area contributed by atoms with Crippen LogP contribution in [-0.2, 0) is 6.54 Å². The lowest BCUT2D eigenvalue weighted by Gasteiger charge is -2.24. The minimum Gasteiger partial charge on any atom is -0.497 e. The second-order valence-electron chi connectivity index (χ2n) is 7.53. The van der Waals surface area contributed by atoms with Gasteiger partial charge in [-0.25, -0.2) is 0 Å². The number of nitrogens with zero attached hydrogens (tertiary/aromatic N) is 2. The fraction of sp³-hybridized carbons (Fsp3) is 0.217. The Bertz CT molecular complexity index is 1120. The summed E-state index contributed by atoms with van der Waals surface area (Å²) < 4.78 is 8.60. The van der Waals surface area contributed by atoms with Gasteiger partial charge in [-0.3, -0.25) is 0 Å². The molecule has 0 aliphatic rings. The zero-order valence-electron chi connectivity index (χ0n) is 16.9. The molecule has 1 unspecified atom stereocenters. The largest absolute Gasteiger partial charge is 0.497 e. The molecule has 0 bridgehead atoms. The molecule has 4 nitrogen and oxygen atoms in total.